The van der Waals surface area contributed by atoms with Crippen LogP contribution in [0.3, 0.4) is 0 Å². The zero-order valence-electron chi connectivity index (χ0n) is 19.2. The SMILES string of the molecule is Cc1cc(COc2ccc([C@@]3(N)CCN([C@@H]4CCC[C@@H]4C(=O)O)C3=O)cc2)c2ccccc2n1. The number of likely N-dealkylation sites (tertiary alicyclic amines) is 1. The summed E-state index contributed by atoms with van der Waals surface area (Å²) < 4.78 is 6.05. The fraction of sp³-hybridized carbons (Fsp3) is 0.370. The number of carbonyl (C=O) groups excluding carboxylic acids is 1. The topological polar surface area (TPSA) is 106 Å². The molecule has 0 unspecified atom stereocenters. The molecular formula is C27H29N3O4. The van der Waals surface area contributed by atoms with Crippen LogP contribution < -0.4 is 10.5 Å². The van der Waals surface area contributed by atoms with E-state index in [1.807, 2.05) is 61.5 Å². The number of carboxylic acids is 1. The van der Waals surface area contributed by atoms with Crippen molar-refractivity contribution < 1.29 is 19.4 Å². The van der Waals surface area contributed by atoms with E-state index in [2.05, 4.69) is 4.98 Å². The fourth-order valence-electron chi connectivity index (χ4n) is 5.47. The van der Waals surface area contributed by atoms with Crippen molar-refractivity contribution in [3.05, 3.63) is 71.4 Å². The number of nitrogens with zero attached hydrogens (tertiary/aromatic N) is 2. The van der Waals surface area contributed by atoms with E-state index < -0.39 is 17.4 Å². The van der Waals surface area contributed by atoms with Crippen LogP contribution >= 0.6 is 0 Å². The van der Waals surface area contributed by atoms with Gasteiger partial charge in [0, 0.05) is 29.2 Å². The first-order valence-corrected chi connectivity index (χ1v) is 11.8. The van der Waals surface area contributed by atoms with Crippen LogP contribution in [0.1, 0.15) is 42.5 Å². The minimum absolute atomic E-state index is 0.182. The maximum atomic E-state index is 13.3. The van der Waals surface area contributed by atoms with Gasteiger partial charge < -0.3 is 20.5 Å². The monoisotopic (exact) mass is 459 g/mol. The van der Waals surface area contributed by atoms with Gasteiger partial charge in [-0.25, -0.2) is 0 Å². The number of para-hydroxylation sites is 1. The minimum Gasteiger partial charge on any atom is -0.489 e. The number of aromatic nitrogens is 1. The van der Waals surface area contributed by atoms with Crippen molar-refractivity contribution in [3.8, 4) is 5.75 Å². The van der Waals surface area contributed by atoms with Crippen LogP contribution in [0.15, 0.2) is 54.6 Å². The molecular weight excluding hydrogens is 430 g/mol. The van der Waals surface area contributed by atoms with E-state index in [9.17, 15) is 14.7 Å². The third-order valence-corrected chi connectivity index (χ3v) is 7.28. The number of fused-ring (bicyclic) bond motifs is 1. The lowest BCUT2D eigenvalue weighted by Gasteiger charge is -2.30. The van der Waals surface area contributed by atoms with Crippen LogP contribution in [0.4, 0.5) is 0 Å². The quantitative estimate of drug-likeness (QED) is 0.581. The molecule has 1 aromatic heterocycles. The molecule has 176 valence electrons. The minimum atomic E-state index is -1.14. The smallest absolute Gasteiger partial charge is 0.308 e. The summed E-state index contributed by atoms with van der Waals surface area (Å²) in [6, 6.07) is 17.1. The molecule has 2 aromatic carbocycles. The number of aryl methyl sites for hydroxylation is 1. The number of carbonyl (C=O) groups is 2. The molecule has 7 nitrogen and oxygen atoms in total. The van der Waals surface area contributed by atoms with Gasteiger partial charge in [-0.1, -0.05) is 36.8 Å². The Morgan fingerprint density at radius 1 is 1.21 bits per heavy atom. The standard InChI is InChI=1S/C27H29N3O4/c1-17-15-18(21-5-2-3-7-23(21)29-17)16-34-20-11-9-19(10-12-20)27(28)13-14-30(26(27)33)24-8-4-6-22(24)25(31)32/h2-3,5,7,9-12,15,22,24H,4,6,8,13-14,16,28H2,1H3,(H,31,32)/t22-,24+,27-/m0/s1. The molecule has 1 saturated heterocycles. The van der Waals surface area contributed by atoms with Gasteiger partial charge in [-0.05, 0) is 56.0 Å². The molecule has 1 saturated carbocycles. The summed E-state index contributed by atoms with van der Waals surface area (Å²) in [5, 5.41) is 10.6. The van der Waals surface area contributed by atoms with Crippen molar-refractivity contribution in [3.63, 3.8) is 0 Å². The van der Waals surface area contributed by atoms with Gasteiger partial charge in [-0.2, -0.15) is 0 Å². The van der Waals surface area contributed by atoms with Crippen molar-refractivity contribution in [2.24, 2.45) is 11.7 Å². The molecule has 1 aliphatic carbocycles. The molecule has 2 fully saturated rings. The van der Waals surface area contributed by atoms with Crippen LogP contribution in [0.25, 0.3) is 10.9 Å². The Morgan fingerprint density at radius 3 is 2.74 bits per heavy atom. The highest BCUT2D eigenvalue weighted by Gasteiger charge is 2.50. The first kappa shape index (κ1) is 22.3. The summed E-state index contributed by atoms with van der Waals surface area (Å²) in [5.74, 6) is -0.827. The van der Waals surface area contributed by atoms with E-state index in [4.69, 9.17) is 10.5 Å². The van der Waals surface area contributed by atoms with Gasteiger partial charge >= 0.3 is 5.97 Å². The van der Waals surface area contributed by atoms with E-state index in [1.165, 1.54) is 0 Å². The second-order valence-corrected chi connectivity index (χ2v) is 9.42. The number of ether oxygens (including phenoxy) is 1. The first-order chi connectivity index (χ1) is 16.4. The van der Waals surface area contributed by atoms with Crippen molar-refractivity contribution in [1.82, 2.24) is 9.88 Å². The van der Waals surface area contributed by atoms with Gasteiger partial charge in [0.1, 0.15) is 17.9 Å². The third kappa shape index (κ3) is 3.90. The Balaban J connectivity index is 1.30. The highest BCUT2D eigenvalue weighted by Crippen LogP contribution is 2.38. The molecule has 0 radical (unpaired) electrons. The molecule has 34 heavy (non-hydrogen) atoms. The van der Waals surface area contributed by atoms with Gasteiger partial charge in [0.05, 0.1) is 11.4 Å². The third-order valence-electron chi connectivity index (χ3n) is 7.28. The van der Waals surface area contributed by atoms with Crippen LogP contribution in [-0.2, 0) is 21.7 Å². The van der Waals surface area contributed by atoms with Gasteiger partial charge in [0.2, 0.25) is 5.91 Å². The molecule has 2 aliphatic rings. The molecule has 7 heteroatoms. The highest BCUT2D eigenvalue weighted by atomic mass is 16.5. The Kier molecular flexibility index (Phi) is 5.73. The highest BCUT2D eigenvalue weighted by molar-refractivity contribution is 5.90. The lowest BCUT2D eigenvalue weighted by Crippen LogP contribution is -2.49. The van der Waals surface area contributed by atoms with Crippen LogP contribution in [0.5, 0.6) is 5.75 Å². The molecule has 1 aliphatic heterocycles. The van der Waals surface area contributed by atoms with E-state index >= 15 is 0 Å². The predicted molar refractivity (Wildman–Crippen MR) is 128 cm³/mol. The largest absolute Gasteiger partial charge is 0.489 e. The Bertz CT molecular complexity index is 1240. The summed E-state index contributed by atoms with van der Waals surface area (Å²) in [6.45, 7) is 2.86. The zero-order valence-corrected chi connectivity index (χ0v) is 19.2. The number of amides is 1. The Morgan fingerprint density at radius 2 is 1.97 bits per heavy atom. The van der Waals surface area contributed by atoms with E-state index in [0.29, 0.717) is 38.2 Å². The molecule has 0 spiro atoms. The van der Waals surface area contributed by atoms with Gasteiger partial charge in [0.15, 0.2) is 0 Å². The summed E-state index contributed by atoms with van der Waals surface area (Å²) >= 11 is 0. The normalized spacial score (nSPS) is 24.6. The molecule has 2 heterocycles. The Labute approximate surface area is 198 Å². The molecule has 3 atom stereocenters. The number of hydrogen-bond acceptors (Lipinski definition) is 5. The summed E-state index contributed by atoms with van der Waals surface area (Å²) in [5.41, 5.74) is 9.14. The van der Waals surface area contributed by atoms with E-state index in [-0.39, 0.29) is 11.9 Å². The van der Waals surface area contributed by atoms with Crippen LogP contribution in [-0.4, -0.2) is 39.5 Å². The van der Waals surface area contributed by atoms with Crippen molar-refractivity contribution in [2.45, 2.75) is 50.8 Å². The zero-order chi connectivity index (χ0) is 23.9. The summed E-state index contributed by atoms with van der Waals surface area (Å²) in [7, 11) is 0. The lowest BCUT2D eigenvalue weighted by molar-refractivity contribution is -0.145. The number of carboxylic acid groups (broad SMARTS) is 1. The van der Waals surface area contributed by atoms with Crippen LogP contribution in [0.2, 0.25) is 0 Å². The molecule has 5 rings (SSSR count). The van der Waals surface area contributed by atoms with Gasteiger partial charge in [-0.3, -0.25) is 14.6 Å². The fourth-order valence-corrected chi connectivity index (χ4v) is 5.47. The van der Waals surface area contributed by atoms with E-state index in [1.54, 1.807) is 4.90 Å². The Hall–Kier alpha value is -3.45. The lowest BCUT2D eigenvalue weighted by atomic mass is 9.89. The van der Waals surface area contributed by atoms with Gasteiger partial charge in [-0.15, -0.1) is 0 Å². The van der Waals surface area contributed by atoms with Crippen LogP contribution in [0, 0.1) is 12.8 Å². The number of nitrogens with two attached hydrogens (primary N) is 1. The predicted octanol–water partition coefficient (Wildman–Crippen LogP) is 3.76. The average Bonchev–Trinajstić information content (AvgIpc) is 3.43. The van der Waals surface area contributed by atoms with Crippen molar-refractivity contribution in [1.29, 1.82) is 0 Å². The molecule has 0 bridgehead atoms. The van der Waals surface area contributed by atoms with Crippen molar-refractivity contribution >= 4 is 22.8 Å². The second kappa shape index (κ2) is 8.72. The number of rotatable bonds is 6. The summed E-state index contributed by atoms with van der Waals surface area (Å²) in [6.07, 6.45) is 2.62. The summed E-state index contributed by atoms with van der Waals surface area (Å²) in [4.78, 5) is 31.2. The average molecular weight is 460 g/mol. The number of hydrogen-bond donors (Lipinski definition) is 2. The van der Waals surface area contributed by atoms with E-state index in [0.717, 1.165) is 34.1 Å². The molecule has 3 N–H and O–H groups in total. The number of benzene rings is 2. The van der Waals surface area contributed by atoms with Crippen molar-refractivity contribution in [2.75, 3.05) is 6.54 Å². The number of pyridine rings is 1. The maximum Gasteiger partial charge on any atom is 0.308 e. The van der Waals surface area contributed by atoms with Gasteiger partial charge in [0.25, 0.3) is 0 Å². The maximum absolute atomic E-state index is 13.3. The second-order valence-electron chi connectivity index (χ2n) is 9.42. The number of aliphatic carboxylic acids is 1. The molecule has 1 amide bonds. The molecule has 3 aromatic rings. The first-order valence-electron chi connectivity index (χ1n) is 11.8.